The Morgan fingerprint density at radius 2 is 1.71 bits per heavy atom. The Labute approximate surface area is 154 Å². The summed E-state index contributed by atoms with van der Waals surface area (Å²) in [5.74, 6) is 1.62. The molecule has 0 saturated carbocycles. The van der Waals surface area contributed by atoms with Gasteiger partial charge in [0.05, 0.1) is 21.3 Å². The number of halogens is 1. The van der Waals surface area contributed by atoms with E-state index in [0.717, 1.165) is 14.8 Å². The summed E-state index contributed by atoms with van der Waals surface area (Å²) in [6, 6.07) is 10.9. The Hall–Kier alpha value is -2.16. The van der Waals surface area contributed by atoms with Crippen LogP contribution in [0, 0.1) is 3.57 Å². The summed E-state index contributed by atoms with van der Waals surface area (Å²) in [5, 5.41) is 5.59. The number of urea groups is 1. The quantitative estimate of drug-likeness (QED) is 0.671. The molecule has 2 aromatic rings. The molecular weight excluding hydrogens is 423 g/mol. The average Bonchev–Trinajstić information content (AvgIpc) is 2.58. The van der Waals surface area contributed by atoms with E-state index in [2.05, 4.69) is 33.2 Å². The van der Waals surface area contributed by atoms with Crippen molar-refractivity contribution in [2.45, 2.75) is 6.54 Å². The van der Waals surface area contributed by atoms with Crippen molar-refractivity contribution in [3.8, 4) is 17.2 Å². The molecule has 0 bridgehead atoms. The van der Waals surface area contributed by atoms with Crippen molar-refractivity contribution >= 4 is 34.3 Å². The smallest absolute Gasteiger partial charge is 0.319 e. The monoisotopic (exact) mass is 442 g/mol. The van der Waals surface area contributed by atoms with Crippen molar-refractivity contribution in [2.75, 3.05) is 26.6 Å². The molecule has 0 fully saturated rings. The van der Waals surface area contributed by atoms with Crippen molar-refractivity contribution in [3.63, 3.8) is 0 Å². The minimum atomic E-state index is -0.286. The molecule has 6 nitrogen and oxygen atoms in total. The van der Waals surface area contributed by atoms with Gasteiger partial charge in [0.1, 0.15) is 0 Å². The molecule has 2 rings (SSSR count). The maximum absolute atomic E-state index is 12.0. The molecular formula is C17H19IN2O4. The van der Waals surface area contributed by atoms with Gasteiger partial charge >= 0.3 is 6.03 Å². The fourth-order valence-corrected chi connectivity index (χ4v) is 2.70. The van der Waals surface area contributed by atoms with Crippen LogP contribution in [0.3, 0.4) is 0 Å². The van der Waals surface area contributed by atoms with Gasteiger partial charge in [-0.25, -0.2) is 4.79 Å². The molecule has 128 valence electrons. The number of carbonyl (C=O) groups excluding carboxylic acids is 1. The first kappa shape index (κ1) is 18.2. The van der Waals surface area contributed by atoms with E-state index in [1.54, 1.807) is 33.5 Å². The van der Waals surface area contributed by atoms with Crippen molar-refractivity contribution in [1.82, 2.24) is 5.32 Å². The summed E-state index contributed by atoms with van der Waals surface area (Å²) in [7, 11) is 4.66. The number of nitrogens with one attached hydrogen (secondary N) is 2. The van der Waals surface area contributed by atoms with Gasteiger partial charge in [-0.3, -0.25) is 0 Å². The zero-order valence-electron chi connectivity index (χ0n) is 13.7. The van der Waals surface area contributed by atoms with Crippen molar-refractivity contribution in [1.29, 1.82) is 0 Å². The van der Waals surface area contributed by atoms with Crippen LogP contribution in [-0.4, -0.2) is 27.4 Å². The number of anilines is 1. The highest BCUT2D eigenvalue weighted by atomic mass is 127. The topological polar surface area (TPSA) is 68.8 Å². The molecule has 0 saturated heterocycles. The van der Waals surface area contributed by atoms with Crippen molar-refractivity contribution in [3.05, 3.63) is 45.5 Å². The first-order chi connectivity index (χ1) is 11.6. The largest absolute Gasteiger partial charge is 0.493 e. The predicted octanol–water partition coefficient (Wildman–Crippen LogP) is 3.64. The van der Waals surface area contributed by atoms with E-state index < -0.39 is 0 Å². The lowest BCUT2D eigenvalue weighted by atomic mass is 10.2. The third kappa shape index (κ3) is 4.67. The standard InChI is InChI=1S/C17H19IN2O4/c1-22-14-7-11(8-15(23-2)16(14)24-3)10-19-17(21)20-13-6-4-5-12(18)9-13/h4-9H,10H2,1-3H3,(H2,19,20,21). The second-order valence-electron chi connectivity index (χ2n) is 4.85. The van der Waals surface area contributed by atoms with Gasteiger partial charge in [0, 0.05) is 15.8 Å². The number of benzene rings is 2. The highest BCUT2D eigenvalue weighted by Crippen LogP contribution is 2.38. The fourth-order valence-electron chi connectivity index (χ4n) is 2.16. The Morgan fingerprint density at radius 1 is 1.04 bits per heavy atom. The highest BCUT2D eigenvalue weighted by molar-refractivity contribution is 14.1. The number of amides is 2. The van der Waals surface area contributed by atoms with Gasteiger partial charge in [0.15, 0.2) is 11.5 Å². The molecule has 0 heterocycles. The van der Waals surface area contributed by atoms with Crippen LogP contribution in [0.2, 0.25) is 0 Å². The van der Waals surface area contributed by atoms with E-state index in [1.165, 1.54) is 0 Å². The fraction of sp³-hybridized carbons (Fsp3) is 0.235. The van der Waals surface area contributed by atoms with Gasteiger partial charge in [-0.15, -0.1) is 0 Å². The van der Waals surface area contributed by atoms with E-state index in [4.69, 9.17) is 14.2 Å². The van der Waals surface area contributed by atoms with Crippen LogP contribution in [-0.2, 0) is 6.54 Å². The zero-order valence-corrected chi connectivity index (χ0v) is 15.8. The Balaban J connectivity index is 2.04. The molecule has 2 N–H and O–H groups in total. The van der Waals surface area contributed by atoms with E-state index in [-0.39, 0.29) is 6.03 Å². The Bertz CT molecular complexity index is 696. The van der Waals surface area contributed by atoms with Gasteiger partial charge < -0.3 is 24.8 Å². The number of ether oxygens (including phenoxy) is 3. The number of rotatable bonds is 6. The summed E-state index contributed by atoms with van der Waals surface area (Å²) in [4.78, 5) is 12.0. The second kappa shape index (κ2) is 8.62. The Kier molecular flexibility index (Phi) is 6.53. The minimum Gasteiger partial charge on any atom is -0.493 e. The number of hydrogen-bond acceptors (Lipinski definition) is 4. The summed E-state index contributed by atoms with van der Waals surface area (Å²) in [5.41, 5.74) is 1.58. The van der Waals surface area contributed by atoms with Crippen molar-refractivity contribution < 1.29 is 19.0 Å². The van der Waals surface area contributed by atoms with E-state index >= 15 is 0 Å². The maximum Gasteiger partial charge on any atom is 0.319 e. The summed E-state index contributed by atoms with van der Waals surface area (Å²) >= 11 is 2.19. The van der Waals surface area contributed by atoms with Gasteiger partial charge in [0.25, 0.3) is 0 Å². The number of methoxy groups -OCH3 is 3. The SMILES string of the molecule is COc1cc(CNC(=O)Nc2cccc(I)c2)cc(OC)c1OC. The van der Waals surface area contributed by atoms with Crippen LogP contribution >= 0.6 is 22.6 Å². The van der Waals surface area contributed by atoms with Crippen molar-refractivity contribution in [2.24, 2.45) is 0 Å². The number of hydrogen-bond donors (Lipinski definition) is 2. The van der Waals surface area contributed by atoms with Crippen LogP contribution in [0.5, 0.6) is 17.2 Å². The van der Waals surface area contributed by atoms with Crippen LogP contribution < -0.4 is 24.8 Å². The van der Waals surface area contributed by atoms with Crippen LogP contribution in [0.15, 0.2) is 36.4 Å². The molecule has 2 aromatic carbocycles. The predicted molar refractivity (Wildman–Crippen MR) is 101 cm³/mol. The Morgan fingerprint density at radius 3 is 2.25 bits per heavy atom. The second-order valence-corrected chi connectivity index (χ2v) is 6.10. The summed E-state index contributed by atoms with van der Waals surface area (Å²) in [6.45, 7) is 0.326. The third-order valence-electron chi connectivity index (χ3n) is 3.26. The van der Waals surface area contributed by atoms with Gasteiger partial charge in [0.2, 0.25) is 5.75 Å². The average molecular weight is 442 g/mol. The summed E-state index contributed by atoms with van der Waals surface area (Å²) in [6.07, 6.45) is 0. The van der Waals surface area contributed by atoms with E-state index in [9.17, 15) is 4.79 Å². The van der Waals surface area contributed by atoms with Crippen LogP contribution in [0.1, 0.15) is 5.56 Å². The molecule has 0 aliphatic carbocycles. The minimum absolute atomic E-state index is 0.286. The molecule has 2 amide bonds. The molecule has 0 unspecified atom stereocenters. The molecule has 0 spiro atoms. The first-order valence-electron chi connectivity index (χ1n) is 7.16. The van der Waals surface area contributed by atoms with Gasteiger partial charge in [-0.05, 0) is 58.5 Å². The molecule has 0 radical (unpaired) electrons. The molecule has 0 atom stereocenters. The van der Waals surface area contributed by atoms with E-state index in [1.807, 2.05) is 24.3 Å². The third-order valence-corrected chi connectivity index (χ3v) is 3.93. The molecule has 0 aliphatic heterocycles. The normalized spacial score (nSPS) is 10.0. The van der Waals surface area contributed by atoms with Gasteiger partial charge in [-0.2, -0.15) is 0 Å². The van der Waals surface area contributed by atoms with Crippen LogP contribution in [0.25, 0.3) is 0 Å². The highest BCUT2D eigenvalue weighted by Gasteiger charge is 2.13. The molecule has 24 heavy (non-hydrogen) atoms. The van der Waals surface area contributed by atoms with E-state index in [0.29, 0.717) is 23.8 Å². The zero-order chi connectivity index (χ0) is 17.5. The molecule has 7 heteroatoms. The summed E-state index contributed by atoms with van der Waals surface area (Å²) < 4.78 is 16.9. The molecule has 0 aliphatic rings. The molecule has 0 aromatic heterocycles. The lowest BCUT2D eigenvalue weighted by Crippen LogP contribution is -2.28. The lowest BCUT2D eigenvalue weighted by molar-refractivity contribution is 0.251. The lowest BCUT2D eigenvalue weighted by Gasteiger charge is -2.14. The number of carbonyl (C=O) groups is 1. The first-order valence-corrected chi connectivity index (χ1v) is 8.24. The maximum atomic E-state index is 12.0. The van der Waals surface area contributed by atoms with Gasteiger partial charge in [-0.1, -0.05) is 6.07 Å². The van der Waals surface area contributed by atoms with Crippen LogP contribution in [0.4, 0.5) is 10.5 Å².